The van der Waals surface area contributed by atoms with Crippen LogP contribution in [0.4, 0.5) is 22.0 Å². The van der Waals surface area contributed by atoms with Crippen LogP contribution in [0.1, 0.15) is 56.8 Å². The van der Waals surface area contributed by atoms with Gasteiger partial charge in [0, 0.05) is 36.7 Å². The van der Waals surface area contributed by atoms with Gasteiger partial charge in [0.2, 0.25) is 5.92 Å². The molecule has 0 bridgehead atoms. The van der Waals surface area contributed by atoms with Crippen LogP contribution < -0.4 is 5.56 Å². The quantitative estimate of drug-likeness (QED) is 0.643. The van der Waals surface area contributed by atoms with Gasteiger partial charge in [-0.3, -0.25) is 9.36 Å². The Morgan fingerprint density at radius 3 is 2.44 bits per heavy atom. The van der Waals surface area contributed by atoms with Gasteiger partial charge >= 0.3 is 6.18 Å². The second kappa shape index (κ2) is 7.98. The van der Waals surface area contributed by atoms with Crippen LogP contribution in [0.3, 0.4) is 0 Å². The van der Waals surface area contributed by atoms with Crippen molar-refractivity contribution in [3.05, 3.63) is 40.2 Å². The molecule has 0 aliphatic carbocycles. The maximum Gasteiger partial charge on any atom is 0.389 e. The summed E-state index contributed by atoms with van der Waals surface area (Å²) < 4.78 is 65.5. The van der Waals surface area contributed by atoms with Gasteiger partial charge in [-0.05, 0) is 33.1 Å². The van der Waals surface area contributed by atoms with Crippen LogP contribution in [-0.2, 0) is 13.0 Å². The van der Waals surface area contributed by atoms with Crippen LogP contribution in [0.2, 0.25) is 0 Å². The molecule has 2 heterocycles. The molecule has 0 saturated heterocycles. The maximum absolute atomic E-state index is 13.2. The third-order valence-electron chi connectivity index (χ3n) is 4.76. The van der Waals surface area contributed by atoms with Crippen LogP contribution in [0, 0.1) is 0 Å². The highest BCUT2D eigenvalue weighted by Gasteiger charge is 2.31. The molecular formula is C18H24F5N3O. The molecule has 2 rings (SSSR count). The number of aromatic nitrogens is 2. The minimum Gasteiger partial charge on any atom is -0.369 e. The summed E-state index contributed by atoms with van der Waals surface area (Å²) in [6, 6.07) is -0.970. The lowest BCUT2D eigenvalue weighted by molar-refractivity contribution is -0.137. The highest BCUT2D eigenvalue weighted by Crippen LogP contribution is 2.31. The van der Waals surface area contributed by atoms with Gasteiger partial charge in [-0.25, -0.2) is 13.8 Å². The Bertz CT molecular complexity index is 718. The molecule has 1 aliphatic heterocycles. The Morgan fingerprint density at radius 1 is 1.26 bits per heavy atom. The van der Waals surface area contributed by atoms with Gasteiger partial charge in [0.25, 0.3) is 5.56 Å². The molecule has 0 N–H and O–H groups in total. The van der Waals surface area contributed by atoms with Crippen molar-refractivity contribution in [1.82, 2.24) is 14.5 Å². The van der Waals surface area contributed by atoms with E-state index in [0.717, 1.165) is 10.3 Å². The normalized spacial score (nSPS) is 16.2. The van der Waals surface area contributed by atoms with Crippen molar-refractivity contribution in [2.45, 2.75) is 70.6 Å². The van der Waals surface area contributed by atoms with Crippen molar-refractivity contribution < 1.29 is 22.0 Å². The lowest BCUT2D eigenvalue weighted by Crippen LogP contribution is -2.37. The molecule has 0 radical (unpaired) electrons. The summed E-state index contributed by atoms with van der Waals surface area (Å²) in [6.07, 6.45) is -5.22. The molecule has 0 amide bonds. The summed E-state index contributed by atoms with van der Waals surface area (Å²) in [6.45, 7) is 7.37. The Morgan fingerprint density at radius 2 is 1.89 bits per heavy atom. The van der Waals surface area contributed by atoms with Crippen LogP contribution in [0.15, 0.2) is 23.4 Å². The Kier molecular flexibility index (Phi) is 6.32. The van der Waals surface area contributed by atoms with Crippen LogP contribution in [0.5, 0.6) is 0 Å². The largest absolute Gasteiger partial charge is 0.389 e. The number of hydrogen-bond donors (Lipinski definition) is 0. The molecule has 0 fully saturated rings. The minimum atomic E-state index is -4.42. The predicted molar refractivity (Wildman–Crippen MR) is 91.6 cm³/mol. The van der Waals surface area contributed by atoms with Gasteiger partial charge in [-0.2, -0.15) is 13.2 Å². The van der Waals surface area contributed by atoms with E-state index in [9.17, 15) is 26.7 Å². The SMILES string of the molecule is C=C(C)N1CCc2c(ncn(C(CCC(C)(F)F)CCC(F)(F)F)c2=O)C1. The van der Waals surface area contributed by atoms with E-state index in [0.29, 0.717) is 37.7 Å². The minimum absolute atomic E-state index is 0.224. The summed E-state index contributed by atoms with van der Waals surface area (Å²) >= 11 is 0. The number of hydrogen-bond acceptors (Lipinski definition) is 3. The first kappa shape index (κ1) is 21.4. The highest BCUT2D eigenvalue weighted by atomic mass is 19.4. The summed E-state index contributed by atoms with van der Waals surface area (Å²) in [5.41, 5.74) is 1.39. The zero-order valence-corrected chi connectivity index (χ0v) is 15.5. The number of halogens is 5. The van der Waals surface area contributed by atoms with Crippen molar-refractivity contribution in [2.75, 3.05) is 6.54 Å². The summed E-state index contributed by atoms with van der Waals surface area (Å²) in [5.74, 6) is -3.01. The Labute approximate surface area is 154 Å². The van der Waals surface area contributed by atoms with E-state index < -0.39 is 43.0 Å². The first-order valence-corrected chi connectivity index (χ1v) is 8.81. The van der Waals surface area contributed by atoms with Gasteiger partial charge in [-0.15, -0.1) is 0 Å². The van der Waals surface area contributed by atoms with Crippen molar-refractivity contribution in [2.24, 2.45) is 0 Å². The first-order valence-electron chi connectivity index (χ1n) is 8.81. The van der Waals surface area contributed by atoms with Gasteiger partial charge in [0.1, 0.15) is 0 Å². The zero-order chi connectivity index (χ0) is 20.4. The standard InChI is InChI=1S/C18H24F5N3O/c1-12(2)25-9-6-14-15(10-25)24-11-26(16(14)27)13(4-7-17(3,19)20)5-8-18(21,22)23/h11,13H,1,4-10H2,2-3H3. The van der Waals surface area contributed by atoms with E-state index in [4.69, 9.17) is 0 Å². The summed E-state index contributed by atoms with van der Waals surface area (Å²) in [7, 11) is 0. The highest BCUT2D eigenvalue weighted by molar-refractivity contribution is 5.21. The van der Waals surface area contributed by atoms with Crippen LogP contribution in [-0.4, -0.2) is 33.1 Å². The van der Waals surface area contributed by atoms with E-state index in [1.807, 2.05) is 11.8 Å². The number of nitrogens with zero attached hydrogens (tertiary/aromatic N) is 3. The molecule has 1 unspecified atom stereocenters. The van der Waals surface area contributed by atoms with E-state index in [1.54, 1.807) is 0 Å². The van der Waals surface area contributed by atoms with Crippen molar-refractivity contribution in [1.29, 1.82) is 0 Å². The average Bonchev–Trinajstić information content (AvgIpc) is 2.54. The van der Waals surface area contributed by atoms with E-state index in [2.05, 4.69) is 11.6 Å². The Balaban J connectivity index is 2.29. The maximum atomic E-state index is 13.2. The molecule has 1 atom stereocenters. The lowest BCUT2D eigenvalue weighted by Gasteiger charge is -2.30. The van der Waals surface area contributed by atoms with Crippen molar-refractivity contribution >= 4 is 0 Å². The number of allylic oxidation sites excluding steroid dienone is 1. The molecule has 4 nitrogen and oxygen atoms in total. The molecule has 1 aromatic heterocycles. The van der Waals surface area contributed by atoms with Crippen LogP contribution in [0.25, 0.3) is 0 Å². The number of fused-ring (bicyclic) bond motifs is 1. The molecule has 9 heteroatoms. The molecule has 1 aliphatic rings. The van der Waals surface area contributed by atoms with Gasteiger partial charge in [-0.1, -0.05) is 6.58 Å². The molecule has 0 saturated carbocycles. The lowest BCUT2D eigenvalue weighted by atomic mass is 10.0. The summed E-state index contributed by atoms with van der Waals surface area (Å²) in [4.78, 5) is 19.0. The van der Waals surface area contributed by atoms with Gasteiger partial charge in [0.05, 0.1) is 18.6 Å². The molecule has 1 aromatic rings. The van der Waals surface area contributed by atoms with Crippen molar-refractivity contribution in [3.63, 3.8) is 0 Å². The molecule has 0 spiro atoms. The molecule has 27 heavy (non-hydrogen) atoms. The van der Waals surface area contributed by atoms with Gasteiger partial charge in [0.15, 0.2) is 0 Å². The predicted octanol–water partition coefficient (Wildman–Crippen LogP) is 4.45. The van der Waals surface area contributed by atoms with Crippen LogP contribution >= 0.6 is 0 Å². The fourth-order valence-corrected chi connectivity index (χ4v) is 3.19. The Hall–Kier alpha value is -1.93. The fourth-order valence-electron chi connectivity index (χ4n) is 3.19. The molecule has 0 aromatic carbocycles. The zero-order valence-electron chi connectivity index (χ0n) is 15.5. The van der Waals surface area contributed by atoms with E-state index in [1.165, 1.54) is 6.33 Å². The average molecular weight is 393 g/mol. The first-order chi connectivity index (χ1) is 12.4. The summed E-state index contributed by atoms with van der Waals surface area (Å²) in [5, 5.41) is 0. The number of rotatable bonds is 7. The third kappa shape index (κ3) is 6.04. The number of alkyl halides is 5. The monoisotopic (exact) mass is 393 g/mol. The van der Waals surface area contributed by atoms with E-state index in [-0.39, 0.29) is 6.42 Å². The fraction of sp³-hybridized carbons (Fsp3) is 0.667. The third-order valence-corrected chi connectivity index (χ3v) is 4.76. The second-order valence-electron chi connectivity index (χ2n) is 7.21. The van der Waals surface area contributed by atoms with Gasteiger partial charge < -0.3 is 4.90 Å². The second-order valence-corrected chi connectivity index (χ2v) is 7.21. The van der Waals surface area contributed by atoms with Crippen molar-refractivity contribution in [3.8, 4) is 0 Å². The molecule has 152 valence electrons. The molecular weight excluding hydrogens is 369 g/mol. The smallest absolute Gasteiger partial charge is 0.369 e. The van der Waals surface area contributed by atoms with E-state index >= 15 is 0 Å². The topological polar surface area (TPSA) is 38.1 Å².